The van der Waals surface area contributed by atoms with E-state index in [1.807, 2.05) is 50.2 Å². The highest BCUT2D eigenvalue weighted by Crippen LogP contribution is 2.19. The maximum atomic E-state index is 12.6. The predicted molar refractivity (Wildman–Crippen MR) is 109 cm³/mol. The first-order chi connectivity index (χ1) is 12.7. The SMILES string of the molecule is Cc1ccc(CC(C)C)cc1C(=O)OC(=O)c1cc(CC(C)C)ccc1C. The van der Waals surface area contributed by atoms with Gasteiger partial charge in [0, 0.05) is 0 Å². The molecule has 0 spiro atoms. The summed E-state index contributed by atoms with van der Waals surface area (Å²) in [6.07, 6.45) is 1.76. The number of aryl methyl sites for hydroxylation is 2. The maximum Gasteiger partial charge on any atom is 0.346 e. The molecule has 0 N–H and O–H groups in total. The van der Waals surface area contributed by atoms with E-state index in [1.165, 1.54) is 0 Å². The highest BCUT2D eigenvalue weighted by molar-refractivity contribution is 6.04. The van der Waals surface area contributed by atoms with E-state index in [2.05, 4.69) is 27.7 Å². The Bertz CT molecular complexity index is 762. The molecular formula is C24H30O3. The van der Waals surface area contributed by atoms with Gasteiger partial charge in [-0.2, -0.15) is 0 Å². The van der Waals surface area contributed by atoms with Crippen LogP contribution in [0.4, 0.5) is 0 Å². The zero-order valence-corrected chi connectivity index (χ0v) is 17.3. The molecule has 0 saturated carbocycles. The Morgan fingerprint density at radius 1 is 0.741 bits per heavy atom. The summed E-state index contributed by atoms with van der Waals surface area (Å²) in [5, 5.41) is 0. The van der Waals surface area contributed by atoms with Gasteiger partial charge in [0.1, 0.15) is 0 Å². The van der Waals surface area contributed by atoms with Crippen molar-refractivity contribution in [2.24, 2.45) is 11.8 Å². The monoisotopic (exact) mass is 366 g/mol. The lowest BCUT2D eigenvalue weighted by molar-refractivity contribution is 0.0396. The first-order valence-electron chi connectivity index (χ1n) is 9.63. The first-order valence-corrected chi connectivity index (χ1v) is 9.63. The molecule has 0 heterocycles. The van der Waals surface area contributed by atoms with Gasteiger partial charge in [-0.05, 0) is 72.9 Å². The van der Waals surface area contributed by atoms with Crippen LogP contribution in [0, 0.1) is 25.7 Å². The molecule has 2 aromatic rings. The van der Waals surface area contributed by atoms with E-state index < -0.39 is 11.9 Å². The molecule has 0 aliphatic rings. The number of esters is 2. The van der Waals surface area contributed by atoms with Gasteiger partial charge in [0.15, 0.2) is 0 Å². The molecule has 0 bridgehead atoms. The van der Waals surface area contributed by atoms with Crippen molar-refractivity contribution in [3.63, 3.8) is 0 Å². The summed E-state index contributed by atoms with van der Waals surface area (Å²) >= 11 is 0. The van der Waals surface area contributed by atoms with Gasteiger partial charge in [0.05, 0.1) is 11.1 Å². The Hall–Kier alpha value is -2.42. The summed E-state index contributed by atoms with van der Waals surface area (Å²) < 4.78 is 5.23. The molecule has 0 amide bonds. The molecule has 0 aliphatic carbocycles. The van der Waals surface area contributed by atoms with Gasteiger partial charge in [0.25, 0.3) is 0 Å². The average molecular weight is 367 g/mol. The number of hydrogen-bond acceptors (Lipinski definition) is 3. The zero-order valence-electron chi connectivity index (χ0n) is 17.3. The molecule has 0 fully saturated rings. The van der Waals surface area contributed by atoms with Gasteiger partial charge in [-0.3, -0.25) is 0 Å². The van der Waals surface area contributed by atoms with Gasteiger partial charge < -0.3 is 4.74 Å². The molecular weight excluding hydrogens is 336 g/mol. The summed E-state index contributed by atoms with van der Waals surface area (Å²) in [4.78, 5) is 25.2. The van der Waals surface area contributed by atoms with Crippen LogP contribution in [0.2, 0.25) is 0 Å². The van der Waals surface area contributed by atoms with Crippen LogP contribution in [0.15, 0.2) is 36.4 Å². The second kappa shape index (κ2) is 8.98. The molecule has 0 unspecified atom stereocenters. The smallest absolute Gasteiger partial charge is 0.346 e. The average Bonchev–Trinajstić information content (AvgIpc) is 2.57. The molecule has 0 saturated heterocycles. The predicted octanol–water partition coefficient (Wildman–Crippen LogP) is 5.70. The standard InChI is InChI=1S/C24H30O3/c1-15(2)11-19-9-7-17(5)21(13-19)23(25)27-24(26)22-14-20(12-16(3)4)10-8-18(22)6/h7-10,13-16H,11-12H2,1-6H3. The molecule has 27 heavy (non-hydrogen) atoms. The fourth-order valence-corrected chi connectivity index (χ4v) is 3.17. The molecule has 3 nitrogen and oxygen atoms in total. The van der Waals surface area contributed by atoms with Crippen molar-refractivity contribution in [2.45, 2.75) is 54.4 Å². The Kier molecular flexibility index (Phi) is 6.95. The van der Waals surface area contributed by atoms with Crippen LogP contribution in [-0.2, 0) is 17.6 Å². The topological polar surface area (TPSA) is 43.4 Å². The molecule has 2 aromatic carbocycles. The molecule has 2 rings (SSSR count). The largest absolute Gasteiger partial charge is 0.386 e. The first kappa shape index (κ1) is 20.9. The molecule has 0 aliphatic heterocycles. The van der Waals surface area contributed by atoms with Crippen molar-refractivity contribution in [1.29, 1.82) is 0 Å². The molecule has 0 radical (unpaired) electrons. The van der Waals surface area contributed by atoms with Crippen molar-refractivity contribution in [2.75, 3.05) is 0 Å². The zero-order chi connectivity index (χ0) is 20.1. The maximum absolute atomic E-state index is 12.6. The minimum Gasteiger partial charge on any atom is -0.386 e. The molecule has 144 valence electrons. The highest BCUT2D eigenvalue weighted by atomic mass is 16.6. The molecule has 3 heteroatoms. The van der Waals surface area contributed by atoms with E-state index in [0.29, 0.717) is 23.0 Å². The number of hydrogen-bond donors (Lipinski definition) is 0. The van der Waals surface area contributed by atoms with Crippen LogP contribution in [0.25, 0.3) is 0 Å². The van der Waals surface area contributed by atoms with E-state index in [-0.39, 0.29) is 0 Å². The van der Waals surface area contributed by atoms with E-state index >= 15 is 0 Å². The van der Waals surface area contributed by atoms with Crippen molar-refractivity contribution in [3.8, 4) is 0 Å². The highest BCUT2D eigenvalue weighted by Gasteiger charge is 2.19. The Balaban J connectivity index is 2.22. The minimum atomic E-state index is -0.586. The number of rotatable bonds is 6. The molecule has 0 atom stereocenters. The van der Waals surface area contributed by atoms with Gasteiger partial charge in [0.2, 0.25) is 0 Å². The summed E-state index contributed by atoms with van der Waals surface area (Å²) in [5.41, 5.74) is 4.68. The Morgan fingerprint density at radius 3 is 1.44 bits per heavy atom. The third-order valence-corrected chi connectivity index (χ3v) is 4.52. The molecule has 0 aromatic heterocycles. The van der Waals surface area contributed by atoms with E-state index in [1.54, 1.807) is 0 Å². The van der Waals surface area contributed by atoms with Crippen molar-refractivity contribution in [1.82, 2.24) is 0 Å². The normalized spacial score (nSPS) is 11.1. The summed E-state index contributed by atoms with van der Waals surface area (Å²) in [5.74, 6) is -0.192. The van der Waals surface area contributed by atoms with Crippen LogP contribution in [0.3, 0.4) is 0 Å². The van der Waals surface area contributed by atoms with Crippen LogP contribution >= 0.6 is 0 Å². The minimum absolute atomic E-state index is 0.456. The lowest BCUT2D eigenvalue weighted by Gasteiger charge is -2.12. The van der Waals surface area contributed by atoms with Crippen molar-refractivity contribution in [3.05, 3.63) is 69.8 Å². The van der Waals surface area contributed by atoms with E-state index in [0.717, 1.165) is 35.1 Å². The third kappa shape index (κ3) is 5.78. The summed E-state index contributed by atoms with van der Waals surface area (Å²) in [7, 11) is 0. The second-order valence-corrected chi connectivity index (χ2v) is 8.17. The fraction of sp³-hybridized carbons (Fsp3) is 0.417. The fourth-order valence-electron chi connectivity index (χ4n) is 3.17. The number of ether oxygens (including phenoxy) is 1. The Morgan fingerprint density at radius 2 is 1.11 bits per heavy atom. The van der Waals surface area contributed by atoms with E-state index in [4.69, 9.17) is 4.74 Å². The van der Waals surface area contributed by atoms with Gasteiger partial charge in [-0.25, -0.2) is 9.59 Å². The van der Waals surface area contributed by atoms with Crippen LogP contribution in [-0.4, -0.2) is 11.9 Å². The van der Waals surface area contributed by atoms with Crippen molar-refractivity contribution < 1.29 is 14.3 Å². The lowest BCUT2D eigenvalue weighted by Crippen LogP contribution is -2.15. The van der Waals surface area contributed by atoms with E-state index in [9.17, 15) is 9.59 Å². The van der Waals surface area contributed by atoms with Crippen LogP contribution in [0.5, 0.6) is 0 Å². The lowest BCUT2D eigenvalue weighted by atomic mass is 9.98. The number of carbonyl (C=O) groups excluding carboxylic acids is 2. The quantitative estimate of drug-likeness (QED) is 0.487. The van der Waals surface area contributed by atoms with Crippen LogP contribution < -0.4 is 0 Å². The van der Waals surface area contributed by atoms with Gasteiger partial charge in [-0.15, -0.1) is 0 Å². The number of benzene rings is 2. The summed E-state index contributed by atoms with van der Waals surface area (Å²) in [6, 6.07) is 11.5. The Labute approximate surface area is 162 Å². The van der Waals surface area contributed by atoms with Gasteiger partial charge >= 0.3 is 11.9 Å². The van der Waals surface area contributed by atoms with Crippen molar-refractivity contribution >= 4 is 11.9 Å². The van der Waals surface area contributed by atoms with Crippen LogP contribution in [0.1, 0.15) is 70.7 Å². The second-order valence-electron chi connectivity index (χ2n) is 8.17. The summed E-state index contributed by atoms with van der Waals surface area (Å²) in [6.45, 7) is 12.2. The van der Waals surface area contributed by atoms with Gasteiger partial charge in [-0.1, -0.05) is 52.0 Å². The number of carbonyl (C=O) groups is 2. The third-order valence-electron chi connectivity index (χ3n) is 4.52.